The highest BCUT2D eigenvalue weighted by molar-refractivity contribution is 5.93. The van der Waals surface area contributed by atoms with E-state index in [0.29, 0.717) is 38.5 Å². The number of nitrogens with one attached hydrogen (secondary N) is 3. The Morgan fingerprint density at radius 2 is 1.45 bits per heavy atom. The van der Waals surface area contributed by atoms with Crippen LogP contribution in [0.25, 0.3) is 0 Å². The molecule has 4 atom stereocenters. The van der Waals surface area contributed by atoms with Gasteiger partial charge < -0.3 is 37.9 Å². The monoisotopic (exact) mass is 442 g/mol. The summed E-state index contributed by atoms with van der Waals surface area (Å²) in [4.78, 5) is 59.7. The van der Waals surface area contributed by atoms with Crippen LogP contribution < -0.4 is 33.2 Å². The van der Waals surface area contributed by atoms with Crippen molar-refractivity contribution in [1.82, 2.24) is 16.0 Å². The fourth-order valence-electron chi connectivity index (χ4n) is 2.78. The molecule has 0 bridgehead atoms. The normalized spacial score (nSPS) is 14.6. The van der Waals surface area contributed by atoms with E-state index in [4.69, 9.17) is 17.2 Å². The highest BCUT2D eigenvalue weighted by Crippen LogP contribution is 2.06. The lowest BCUT2D eigenvalue weighted by Crippen LogP contribution is -2.56. The zero-order valence-corrected chi connectivity index (χ0v) is 18.5. The molecule has 0 rings (SSSR count). The van der Waals surface area contributed by atoms with Crippen LogP contribution in [0.5, 0.6) is 0 Å². The van der Waals surface area contributed by atoms with Crippen LogP contribution in [0.1, 0.15) is 65.2 Å². The van der Waals surface area contributed by atoms with E-state index in [-0.39, 0.29) is 12.8 Å². The van der Waals surface area contributed by atoms with Crippen molar-refractivity contribution in [2.24, 2.45) is 17.2 Å². The molecule has 9 N–H and O–H groups in total. The summed E-state index contributed by atoms with van der Waals surface area (Å²) < 4.78 is 0. The summed E-state index contributed by atoms with van der Waals surface area (Å²) in [5.74, 6) is -2.29. The van der Waals surface area contributed by atoms with Crippen LogP contribution in [-0.2, 0) is 24.0 Å². The maximum atomic E-state index is 12.8. The van der Waals surface area contributed by atoms with Crippen LogP contribution in [0.3, 0.4) is 0 Å². The van der Waals surface area contributed by atoms with E-state index in [1.54, 1.807) is 0 Å². The fraction of sp³-hybridized carbons (Fsp3) is 0.750. The van der Waals surface area contributed by atoms with Gasteiger partial charge in [-0.3, -0.25) is 19.2 Å². The first-order valence-electron chi connectivity index (χ1n) is 10.8. The van der Waals surface area contributed by atoms with Gasteiger partial charge >= 0.3 is 0 Å². The second-order valence-corrected chi connectivity index (χ2v) is 7.59. The summed E-state index contributed by atoms with van der Waals surface area (Å²) >= 11 is 0. The number of hydrogen-bond acceptors (Lipinski definition) is 7. The molecule has 0 aromatic heterocycles. The number of rotatable bonds is 17. The van der Waals surface area contributed by atoms with Crippen LogP contribution in [-0.4, -0.2) is 60.6 Å². The summed E-state index contributed by atoms with van der Waals surface area (Å²) in [6, 6.07) is -3.50. The lowest BCUT2D eigenvalue weighted by atomic mass is 10.0. The third kappa shape index (κ3) is 12.7. The van der Waals surface area contributed by atoms with E-state index < -0.39 is 47.8 Å². The molecule has 0 aliphatic heterocycles. The standard InChI is InChI=1S/C20H38N6O5/c1-3-4-8-15(19(30)24-13(2)12-27)26-20(31)16(9-10-17(23)28)25-18(29)14(22)7-5-6-11-21/h12-16H,3-11,21-22H2,1-2H3,(H2,23,28)(H,24,30)(H,25,29)(H,26,31)/t13-,14-,15-,16-/m0/s1. The highest BCUT2D eigenvalue weighted by atomic mass is 16.2. The van der Waals surface area contributed by atoms with Gasteiger partial charge in [0.15, 0.2) is 0 Å². The molecule has 0 heterocycles. The molecule has 0 saturated heterocycles. The van der Waals surface area contributed by atoms with Crippen molar-refractivity contribution in [1.29, 1.82) is 0 Å². The minimum Gasteiger partial charge on any atom is -0.370 e. The van der Waals surface area contributed by atoms with Gasteiger partial charge in [0.1, 0.15) is 18.4 Å². The summed E-state index contributed by atoms with van der Waals surface area (Å²) in [6.45, 7) is 3.94. The summed E-state index contributed by atoms with van der Waals surface area (Å²) in [6.07, 6.45) is 4.02. The van der Waals surface area contributed by atoms with Crippen molar-refractivity contribution in [2.45, 2.75) is 89.4 Å². The summed E-state index contributed by atoms with van der Waals surface area (Å²) in [5.41, 5.74) is 16.5. The van der Waals surface area contributed by atoms with Gasteiger partial charge in [0, 0.05) is 6.42 Å². The molecule has 178 valence electrons. The molecule has 4 amide bonds. The smallest absolute Gasteiger partial charge is 0.243 e. The van der Waals surface area contributed by atoms with Crippen molar-refractivity contribution >= 4 is 29.9 Å². The molecule has 0 aliphatic carbocycles. The maximum absolute atomic E-state index is 12.8. The van der Waals surface area contributed by atoms with E-state index in [1.165, 1.54) is 6.92 Å². The summed E-state index contributed by atoms with van der Waals surface area (Å²) in [7, 11) is 0. The van der Waals surface area contributed by atoms with Gasteiger partial charge in [-0.2, -0.15) is 0 Å². The molecular weight excluding hydrogens is 404 g/mol. The largest absolute Gasteiger partial charge is 0.370 e. The number of unbranched alkanes of at least 4 members (excludes halogenated alkanes) is 2. The SMILES string of the molecule is CCCC[C@H](NC(=O)[C@H](CCC(N)=O)NC(=O)[C@@H](N)CCCCN)C(=O)N[C@@H](C)C=O. The fourth-order valence-corrected chi connectivity index (χ4v) is 2.78. The Bertz CT molecular complexity index is 601. The first-order chi connectivity index (χ1) is 14.7. The Morgan fingerprint density at radius 1 is 0.871 bits per heavy atom. The van der Waals surface area contributed by atoms with Gasteiger partial charge in [0.25, 0.3) is 0 Å². The van der Waals surface area contributed by atoms with Gasteiger partial charge in [0.05, 0.1) is 12.1 Å². The second-order valence-electron chi connectivity index (χ2n) is 7.59. The minimum absolute atomic E-state index is 0.0325. The van der Waals surface area contributed by atoms with Crippen LogP contribution in [0.2, 0.25) is 0 Å². The molecule has 11 nitrogen and oxygen atoms in total. The molecule has 0 aromatic rings. The lowest BCUT2D eigenvalue weighted by Gasteiger charge is -2.24. The predicted molar refractivity (Wildman–Crippen MR) is 116 cm³/mol. The van der Waals surface area contributed by atoms with E-state index in [2.05, 4.69) is 16.0 Å². The van der Waals surface area contributed by atoms with Crippen LogP contribution in [0, 0.1) is 0 Å². The summed E-state index contributed by atoms with van der Waals surface area (Å²) in [5, 5.41) is 7.67. The molecule has 0 aliphatic rings. The molecule has 0 saturated carbocycles. The number of amides is 4. The molecule has 0 unspecified atom stereocenters. The Balaban J connectivity index is 5.22. The van der Waals surface area contributed by atoms with Gasteiger partial charge in [-0.25, -0.2) is 0 Å². The maximum Gasteiger partial charge on any atom is 0.243 e. The molecule has 11 heteroatoms. The van der Waals surface area contributed by atoms with Gasteiger partial charge in [-0.1, -0.05) is 26.2 Å². The third-order valence-corrected chi connectivity index (χ3v) is 4.67. The van der Waals surface area contributed by atoms with Crippen molar-refractivity contribution in [2.75, 3.05) is 6.54 Å². The van der Waals surface area contributed by atoms with E-state index >= 15 is 0 Å². The first kappa shape index (κ1) is 28.5. The van der Waals surface area contributed by atoms with Gasteiger partial charge in [-0.05, 0) is 39.2 Å². The number of hydrogen-bond donors (Lipinski definition) is 6. The molecule has 0 radical (unpaired) electrons. The van der Waals surface area contributed by atoms with E-state index in [1.807, 2.05) is 6.92 Å². The number of carbonyl (C=O) groups excluding carboxylic acids is 5. The average molecular weight is 443 g/mol. The van der Waals surface area contributed by atoms with Crippen LogP contribution >= 0.6 is 0 Å². The second kappa shape index (κ2) is 16.2. The molecule has 0 aromatic carbocycles. The lowest BCUT2D eigenvalue weighted by molar-refractivity contribution is -0.133. The van der Waals surface area contributed by atoms with Gasteiger partial charge in [-0.15, -0.1) is 0 Å². The zero-order chi connectivity index (χ0) is 23.8. The predicted octanol–water partition coefficient (Wildman–Crippen LogP) is -1.43. The zero-order valence-electron chi connectivity index (χ0n) is 18.5. The number of carbonyl (C=O) groups is 5. The Kier molecular flexibility index (Phi) is 14.9. The quantitative estimate of drug-likeness (QED) is 0.117. The molecule has 0 spiro atoms. The van der Waals surface area contributed by atoms with Gasteiger partial charge in [0.2, 0.25) is 23.6 Å². The Morgan fingerprint density at radius 3 is 2.00 bits per heavy atom. The molecule has 0 fully saturated rings. The highest BCUT2D eigenvalue weighted by Gasteiger charge is 2.28. The van der Waals surface area contributed by atoms with E-state index in [0.717, 1.165) is 12.8 Å². The van der Waals surface area contributed by atoms with Crippen LogP contribution in [0.4, 0.5) is 0 Å². The molecule has 31 heavy (non-hydrogen) atoms. The van der Waals surface area contributed by atoms with Crippen LogP contribution in [0.15, 0.2) is 0 Å². The average Bonchev–Trinajstić information content (AvgIpc) is 2.73. The Labute approximate surface area is 183 Å². The molecular formula is C20H38N6O5. The van der Waals surface area contributed by atoms with Crippen molar-refractivity contribution in [3.63, 3.8) is 0 Å². The number of aldehydes is 1. The number of nitrogens with two attached hydrogens (primary N) is 3. The van der Waals surface area contributed by atoms with E-state index in [9.17, 15) is 24.0 Å². The minimum atomic E-state index is -1.08. The van der Waals surface area contributed by atoms with Crippen molar-refractivity contribution in [3.05, 3.63) is 0 Å². The number of primary amides is 1. The van der Waals surface area contributed by atoms with Crippen molar-refractivity contribution < 1.29 is 24.0 Å². The first-order valence-corrected chi connectivity index (χ1v) is 10.8. The van der Waals surface area contributed by atoms with Crippen molar-refractivity contribution in [3.8, 4) is 0 Å². The topological polar surface area (TPSA) is 199 Å². The Hall–Kier alpha value is -2.53. The third-order valence-electron chi connectivity index (χ3n) is 4.67.